The zero-order valence-electron chi connectivity index (χ0n) is 11.1. The van der Waals surface area contributed by atoms with E-state index in [0.29, 0.717) is 6.54 Å². The fourth-order valence-corrected chi connectivity index (χ4v) is 2.33. The number of ether oxygens (including phenoxy) is 1. The molecule has 0 aliphatic carbocycles. The van der Waals surface area contributed by atoms with Crippen molar-refractivity contribution in [2.24, 2.45) is 0 Å². The predicted octanol–water partition coefficient (Wildman–Crippen LogP) is 1.25. The lowest BCUT2D eigenvalue weighted by molar-refractivity contribution is -0.0183. The van der Waals surface area contributed by atoms with Gasteiger partial charge in [0.1, 0.15) is 5.52 Å². The normalized spacial score (nSPS) is 21.0. The fourth-order valence-electron chi connectivity index (χ4n) is 2.33. The molecule has 0 spiro atoms. The molecule has 0 amide bonds. The van der Waals surface area contributed by atoms with Crippen LogP contribution in [0.15, 0.2) is 28.7 Å². The highest BCUT2D eigenvalue weighted by atomic mass is 16.5. The van der Waals surface area contributed by atoms with Crippen LogP contribution in [0.4, 0.5) is 0 Å². The van der Waals surface area contributed by atoms with Crippen LogP contribution in [0.2, 0.25) is 0 Å². The van der Waals surface area contributed by atoms with Gasteiger partial charge in [-0.2, -0.15) is 0 Å². The Kier molecular flexibility index (Phi) is 3.77. The highest BCUT2D eigenvalue weighted by Gasteiger charge is 2.17. The highest BCUT2D eigenvalue weighted by Crippen LogP contribution is 2.14. The third-order valence-electron chi connectivity index (χ3n) is 3.33. The summed E-state index contributed by atoms with van der Waals surface area (Å²) >= 11 is 0. The van der Waals surface area contributed by atoms with E-state index in [1.165, 1.54) is 0 Å². The van der Waals surface area contributed by atoms with Crippen molar-refractivity contribution < 1.29 is 9.15 Å². The predicted molar refractivity (Wildman–Crippen MR) is 73.0 cm³/mol. The molecule has 1 N–H and O–H groups in total. The Balaban J connectivity index is 1.51. The maximum Gasteiger partial charge on any atom is 0.209 e. The van der Waals surface area contributed by atoms with Gasteiger partial charge in [0.05, 0.1) is 19.3 Å². The topological polar surface area (TPSA) is 50.5 Å². The minimum absolute atomic E-state index is 0.253. The van der Waals surface area contributed by atoms with Crippen molar-refractivity contribution in [2.45, 2.75) is 12.6 Å². The molecule has 5 heteroatoms. The van der Waals surface area contributed by atoms with Crippen LogP contribution in [0.25, 0.3) is 11.1 Å². The van der Waals surface area contributed by atoms with E-state index in [4.69, 9.17) is 9.15 Å². The van der Waals surface area contributed by atoms with Crippen molar-refractivity contribution in [2.75, 3.05) is 33.3 Å². The van der Waals surface area contributed by atoms with Crippen LogP contribution >= 0.6 is 0 Å². The smallest absolute Gasteiger partial charge is 0.209 e. The second-order valence-corrected chi connectivity index (χ2v) is 4.96. The van der Waals surface area contributed by atoms with Gasteiger partial charge in [-0.25, -0.2) is 4.98 Å². The molecular weight excluding hydrogens is 242 g/mol. The summed E-state index contributed by atoms with van der Waals surface area (Å²) in [6, 6.07) is 7.82. The first-order chi connectivity index (χ1) is 9.31. The lowest BCUT2D eigenvalue weighted by Gasteiger charge is -2.30. The molecule has 1 atom stereocenters. The average molecular weight is 261 g/mol. The van der Waals surface area contributed by atoms with Crippen LogP contribution in [-0.2, 0) is 11.3 Å². The molecule has 1 aromatic heterocycles. The Morgan fingerprint density at radius 3 is 3.16 bits per heavy atom. The number of nitrogens with zero attached hydrogens (tertiary/aromatic N) is 2. The van der Waals surface area contributed by atoms with Crippen LogP contribution in [0.1, 0.15) is 5.89 Å². The maximum absolute atomic E-state index is 5.69. The van der Waals surface area contributed by atoms with Crippen molar-refractivity contribution >= 4 is 11.1 Å². The number of oxazole rings is 1. The van der Waals surface area contributed by atoms with Gasteiger partial charge in [0.25, 0.3) is 0 Å². The largest absolute Gasteiger partial charge is 0.439 e. The molecule has 1 saturated heterocycles. The van der Waals surface area contributed by atoms with Crippen molar-refractivity contribution in [1.82, 2.24) is 15.2 Å². The Labute approximate surface area is 112 Å². The minimum atomic E-state index is 0.253. The first-order valence-electron chi connectivity index (χ1n) is 6.66. The number of nitrogens with one attached hydrogen (secondary N) is 1. The van der Waals surface area contributed by atoms with Gasteiger partial charge in [-0.05, 0) is 19.2 Å². The minimum Gasteiger partial charge on any atom is -0.439 e. The molecule has 0 radical (unpaired) electrons. The number of aromatic nitrogens is 1. The van der Waals surface area contributed by atoms with Crippen molar-refractivity contribution in [1.29, 1.82) is 0 Å². The van der Waals surface area contributed by atoms with E-state index >= 15 is 0 Å². The number of hydrogen-bond donors (Lipinski definition) is 1. The molecule has 0 bridgehead atoms. The summed E-state index contributed by atoms with van der Waals surface area (Å²) in [7, 11) is 2.12. The first-order valence-corrected chi connectivity index (χ1v) is 6.66. The zero-order chi connectivity index (χ0) is 13.1. The molecule has 0 saturated carbocycles. The standard InChI is InChI=1S/C14H19N3O2/c1-17-6-7-18-11(10-17)8-15-9-14-16-12-4-2-3-5-13(12)19-14/h2-5,11,15H,6-10H2,1H3/t11-/m0/s1. The average Bonchev–Trinajstić information content (AvgIpc) is 2.81. The van der Waals surface area contributed by atoms with Crippen LogP contribution < -0.4 is 5.32 Å². The van der Waals surface area contributed by atoms with E-state index in [1.807, 2.05) is 24.3 Å². The first kappa shape index (κ1) is 12.6. The Bertz CT molecular complexity index is 507. The van der Waals surface area contributed by atoms with E-state index in [9.17, 15) is 0 Å². The Morgan fingerprint density at radius 1 is 1.42 bits per heavy atom. The van der Waals surface area contributed by atoms with E-state index < -0.39 is 0 Å². The van der Waals surface area contributed by atoms with Crippen molar-refractivity contribution in [3.63, 3.8) is 0 Å². The van der Waals surface area contributed by atoms with Crippen LogP contribution in [0, 0.1) is 0 Å². The number of benzene rings is 1. The molecule has 0 unspecified atom stereocenters. The van der Waals surface area contributed by atoms with E-state index in [-0.39, 0.29) is 6.10 Å². The molecule has 1 aliphatic rings. The number of fused-ring (bicyclic) bond motifs is 1. The lowest BCUT2D eigenvalue weighted by atomic mass is 10.3. The molecule has 3 rings (SSSR count). The summed E-state index contributed by atoms with van der Waals surface area (Å²) in [4.78, 5) is 6.72. The number of rotatable bonds is 4. The van der Waals surface area contributed by atoms with Gasteiger partial charge in [-0.3, -0.25) is 0 Å². The van der Waals surface area contributed by atoms with Gasteiger partial charge in [0.2, 0.25) is 5.89 Å². The van der Waals surface area contributed by atoms with Gasteiger partial charge in [-0.1, -0.05) is 12.1 Å². The summed E-state index contributed by atoms with van der Waals surface area (Å²) < 4.78 is 11.3. The van der Waals surface area contributed by atoms with Crippen molar-refractivity contribution in [3.05, 3.63) is 30.2 Å². The molecule has 2 aromatic rings. The summed E-state index contributed by atoms with van der Waals surface area (Å²) in [5.41, 5.74) is 1.75. The summed E-state index contributed by atoms with van der Waals surface area (Å²) in [6.45, 7) is 4.26. The second kappa shape index (κ2) is 5.69. The van der Waals surface area contributed by atoms with Gasteiger partial charge < -0.3 is 19.4 Å². The van der Waals surface area contributed by atoms with Crippen LogP contribution in [0.5, 0.6) is 0 Å². The van der Waals surface area contributed by atoms with Gasteiger partial charge in [0.15, 0.2) is 5.58 Å². The quantitative estimate of drug-likeness (QED) is 0.897. The molecule has 1 aliphatic heterocycles. The molecule has 5 nitrogen and oxygen atoms in total. The second-order valence-electron chi connectivity index (χ2n) is 4.96. The fraction of sp³-hybridized carbons (Fsp3) is 0.500. The molecule has 102 valence electrons. The van der Waals surface area contributed by atoms with Crippen LogP contribution in [-0.4, -0.2) is 49.3 Å². The number of para-hydroxylation sites is 2. The Morgan fingerprint density at radius 2 is 2.32 bits per heavy atom. The van der Waals surface area contributed by atoms with E-state index in [0.717, 1.165) is 43.2 Å². The van der Waals surface area contributed by atoms with Crippen molar-refractivity contribution in [3.8, 4) is 0 Å². The molecule has 2 heterocycles. The third kappa shape index (κ3) is 3.12. The van der Waals surface area contributed by atoms with Gasteiger partial charge in [-0.15, -0.1) is 0 Å². The monoisotopic (exact) mass is 261 g/mol. The van der Waals surface area contributed by atoms with E-state index in [1.54, 1.807) is 0 Å². The summed E-state index contributed by atoms with van der Waals surface area (Å²) in [5.74, 6) is 0.727. The molecule has 1 fully saturated rings. The zero-order valence-corrected chi connectivity index (χ0v) is 11.1. The van der Waals surface area contributed by atoms with Gasteiger partial charge >= 0.3 is 0 Å². The lowest BCUT2D eigenvalue weighted by Crippen LogP contribution is -2.44. The van der Waals surface area contributed by atoms with Crippen LogP contribution in [0.3, 0.4) is 0 Å². The maximum atomic E-state index is 5.69. The van der Waals surface area contributed by atoms with E-state index in [2.05, 4.69) is 22.2 Å². The number of morpholine rings is 1. The molecular formula is C14H19N3O2. The summed E-state index contributed by atoms with van der Waals surface area (Å²) in [5, 5.41) is 3.34. The summed E-state index contributed by atoms with van der Waals surface area (Å²) in [6.07, 6.45) is 0.253. The SMILES string of the molecule is CN1CCO[C@@H](CNCc2nc3ccccc3o2)C1. The van der Waals surface area contributed by atoms with Gasteiger partial charge in [0, 0.05) is 19.6 Å². The number of likely N-dealkylation sites (N-methyl/N-ethyl adjacent to an activating group) is 1. The molecule has 19 heavy (non-hydrogen) atoms. The Hall–Kier alpha value is -1.43. The highest BCUT2D eigenvalue weighted by molar-refractivity contribution is 5.72. The number of hydrogen-bond acceptors (Lipinski definition) is 5. The third-order valence-corrected chi connectivity index (χ3v) is 3.33. The molecule has 1 aromatic carbocycles.